The number of nitrogens with zero attached hydrogens (tertiary/aromatic N) is 2. The van der Waals surface area contributed by atoms with Crippen molar-refractivity contribution in [2.45, 2.75) is 67.2 Å². The van der Waals surface area contributed by atoms with Crippen LogP contribution in [-0.4, -0.2) is 29.5 Å². The minimum absolute atomic E-state index is 0. The smallest absolute Gasteiger partial charge is 0.650 e. The number of ether oxygens (including phenoxy) is 2. The zero-order valence-corrected chi connectivity index (χ0v) is 25.0. The molecule has 1 amide bonds. The molecule has 2 aromatic rings. The minimum atomic E-state index is -0.614. The van der Waals surface area contributed by atoms with Crippen molar-refractivity contribution in [3.8, 4) is 17.2 Å². The zero-order valence-electron chi connectivity index (χ0n) is 25.0. The maximum atomic E-state index is 13.8. The van der Waals surface area contributed by atoms with Gasteiger partial charge in [0.05, 0.1) is 0 Å². The van der Waals surface area contributed by atoms with E-state index in [1.807, 2.05) is 13.0 Å². The average Bonchev–Trinajstić information content (AvgIpc) is 2.97. The Kier molecular flexibility index (Phi) is 12.5. The number of allylic oxidation sites excluding steroid dienone is 5. The first kappa shape index (κ1) is 33.5. The molecular weight excluding hydrogens is 515 g/mol. The van der Waals surface area contributed by atoms with Crippen molar-refractivity contribution < 1.29 is 47.8 Å². The van der Waals surface area contributed by atoms with E-state index in [1.54, 1.807) is 12.1 Å². The van der Waals surface area contributed by atoms with Crippen LogP contribution in [0.3, 0.4) is 0 Å². The molecule has 0 bridgehead atoms. The number of para-hydroxylation sites is 1. The number of rotatable bonds is 10. The molecule has 0 spiro atoms. The van der Waals surface area contributed by atoms with E-state index in [9.17, 15) is 19.5 Å². The first-order chi connectivity index (χ1) is 19.0. The van der Waals surface area contributed by atoms with Gasteiger partial charge in [0, 0.05) is 43.8 Å². The van der Waals surface area contributed by atoms with E-state index in [4.69, 9.17) is 9.47 Å². The van der Waals surface area contributed by atoms with Crippen LogP contribution >= 0.6 is 0 Å². The van der Waals surface area contributed by atoms with E-state index in [0.717, 1.165) is 31.3 Å². The molecule has 0 atom stereocenters. The van der Waals surface area contributed by atoms with Crippen LogP contribution in [0.15, 0.2) is 65.3 Å². The molecule has 41 heavy (non-hydrogen) atoms. The van der Waals surface area contributed by atoms with Crippen LogP contribution in [0.4, 0.5) is 17.1 Å². The number of fused-ring (bicyclic) bond motifs is 2. The molecule has 0 saturated carbocycles. The SMILES string of the molecule is CC(=O)Oc1cc(OC(C)=O)c2c(c1)N(C/C=C(\C)CC/C=C(\C)CCC=C(C)C)C(=O)c1cccc(O)c1[N-]2.[Li+]. The molecule has 0 unspecified atom stereocenters. The number of aromatic hydroxyl groups is 1. The molecule has 1 aliphatic heterocycles. The summed E-state index contributed by atoms with van der Waals surface area (Å²) in [4.78, 5) is 38.9. The number of carbonyl (C=O) groups excluding carboxylic acids is 3. The summed E-state index contributed by atoms with van der Waals surface area (Å²) < 4.78 is 10.7. The molecule has 0 aromatic heterocycles. The van der Waals surface area contributed by atoms with Crippen molar-refractivity contribution in [1.82, 2.24) is 0 Å². The van der Waals surface area contributed by atoms with Gasteiger partial charge in [0.2, 0.25) is 0 Å². The van der Waals surface area contributed by atoms with Crippen LogP contribution in [0.1, 0.15) is 77.6 Å². The van der Waals surface area contributed by atoms with Crippen molar-refractivity contribution in [3.63, 3.8) is 0 Å². The molecular formula is C32H37LiN2O6. The van der Waals surface area contributed by atoms with Crippen LogP contribution in [0.5, 0.6) is 17.2 Å². The molecule has 1 N–H and O–H groups in total. The maximum Gasteiger partial charge on any atom is 1.00 e. The normalized spacial score (nSPS) is 12.7. The molecule has 212 valence electrons. The van der Waals surface area contributed by atoms with Crippen molar-refractivity contribution in [2.75, 3.05) is 11.4 Å². The molecule has 0 fully saturated rings. The van der Waals surface area contributed by atoms with Crippen molar-refractivity contribution in [3.05, 3.63) is 76.2 Å². The molecule has 8 nitrogen and oxygen atoms in total. The Bertz CT molecular complexity index is 1390. The van der Waals surface area contributed by atoms with Gasteiger partial charge < -0.3 is 24.8 Å². The largest absolute Gasteiger partial charge is 1.00 e. The number of carbonyl (C=O) groups is 3. The predicted molar refractivity (Wildman–Crippen MR) is 157 cm³/mol. The Balaban J connectivity index is 0.00000588. The summed E-state index contributed by atoms with van der Waals surface area (Å²) >= 11 is 0. The van der Waals surface area contributed by atoms with Gasteiger partial charge in [-0.05, 0) is 59.4 Å². The molecule has 3 rings (SSSR count). The van der Waals surface area contributed by atoms with E-state index < -0.39 is 17.8 Å². The fraction of sp³-hybridized carbons (Fsp3) is 0.344. The minimum Gasteiger partial charge on any atom is -0.650 e. The number of benzene rings is 2. The third-order valence-corrected chi connectivity index (χ3v) is 6.29. The number of phenolic OH excluding ortho intramolecular Hbond substituents is 1. The number of anilines is 1. The van der Waals surface area contributed by atoms with Gasteiger partial charge in [-0.1, -0.05) is 58.5 Å². The third-order valence-electron chi connectivity index (χ3n) is 6.29. The van der Waals surface area contributed by atoms with Gasteiger partial charge in [-0.2, -0.15) is 0 Å². The summed E-state index contributed by atoms with van der Waals surface area (Å²) in [6.45, 7) is 11.0. The summed E-state index contributed by atoms with van der Waals surface area (Å²) in [6, 6.07) is 7.46. The monoisotopic (exact) mass is 552 g/mol. The predicted octanol–water partition coefficient (Wildman–Crippen LogP) is 4.96. The second-order valence-electron chi connectivity index (χ2n) is 10.1. The van der Waals surface area contributed by atoms with Crippen molar-refractivity contribution in [1.29, 1.82) is 0 Å². The quantitative estimate of drug-likeness (QED) is 0.193. The number of amides is 1. The van der Waals surface area contributed by atoms with Gasteiger partial charge in [-0.25, -0.2) is 0 Å². The van der Waals surface area contributed by atoms with Gasteiger partial charge in [0.1, 0.15) is 17.2 Å². The van der Waals surface area contributed by atoms with E-state index >= 15 is 0 Å². The molecule has 0 aliphatic carbocycles. The van der Waals surface area contributed by atoms with Crippen LogP contribution < -0.4 is 33.2 Å². The molecule has 2 aromatic carbocycles. The summed E-state index contributed by atoms with van der Waals surface area (Å²) in [7, 11) is 0. The Morgan fingerprint density at radius 2 is 1.51 bits per heavy atom. The fourth-order valence-electron chi connectivity index (χ4n) is 4.30. The summed E-state index contributed by atoms with van der Waals surface area (Å²) in [6.07, 6.45) is 10.2. The second-order valence-corrected chi connectivity index (χ2v) is 10.1. The van der Waals surface area contributed by atoms with E-state index in [0.29, 0.717) is 0 Å². The van der Waals surface area contributed by atoms with E-state index in [2.05, 4.69) is 38.2 Å². The van der Waals surface area contributed by atoms with Crippen LogP contribution in [0.2, 0.25) is 0 Å². The summed E-state index contributed by atoms with van der Waals surface area (Å²) in [5.74, 6) is -1.67. The van der Waals surface area contributed by atoms with Crippen molar-refractivity contribution >= 4 is 34.9 Å². The number of esters is 2. The first-order valence-electron chi connectivity index (χ1n) is 13.3. The Hall–Kier alpha value is -3.73. The average molecular weight is 553 g/mol. The van der Waals surface area contributed by atoms with Gasteiger partial charge in [0.25, 0.3) is 5.91 Å². The maximum absolute atomic E-state index is 13.8. The Morgan fingerprint density at radius 3 is 2.15 bits per heavy atom. The molecule has 0 radical (unpaired) electrons. The van der Waals surface area contributed by atoms with E-state index in [1.165, 1.54) is 48.1 Å². The van der Waals surface area contributed by atoms with Crippen LogP contribution in [0.25, 0.3) is 5.32 Å². The fourth-order valence-corrected chi connectivity index (χ4v) is 4.30. The van der Waals surface area contributed by atoms with Gasteiger partial charge >= 0.3 is 30.8 Å². The third kappa shape index (κ3) is 9.41. The second kappa shape index (κ2) is 15.3. The molecule has 0 saturated heterocycles. The summed E-state index contributed by atoms with van der Waals surface area (Å²) in [5, 5.41) is 15.1. The first-order valence-corrected chi connectivity index (χ1v) is 13.3. The number of phenols is 1. The van der Waals surface area contributed by atoms with Gasteiger partial charge in [-0.3, -0.25) is 14.4 Å². The molecule has 1 heterocycles. The van der Waals surface area contributed by atoms with Crippen molar-refractivity contribution in [2.24, 2.45) is 0 Å². The zero-order chi connectivity index (χ0) is 29.4. The van der Waals surface area contributed by atoms with E-state index in [-0.39, 0.29) is 65.3 Å². The topological polar surface area (TPSA) is 107 Å². The molecule has 1 aliphatic rings. The van der Waals surface area contributed by atoms with Crippen LogP contribution in [0, 0.1) is 0 Å². The Morgan fingerprint density at radius 1 is 0.878 bits per heavy atom. The standard InChI is InChI=1S/C32H38N2O6.Li/c1-20(2)10-7-11-21(3)12-8-13-22(4)16-17-34-27-18-25(39-23(5)35)19-29(40-24(6)36)31(27)33-30-26(32(34)38)14-9-15-28(30)37;/h9-10,12,14-16,18-19H,7-8,11,13,17H2,1-6H3,(H2,33,37,38);/q;+1/p-1/b21-12+,22-16+;. The Labute approximate surface area is 254 Å². The van der Waals surface area contributed by atoms with Crippen LogP contribution in [-0.2, 0) is 9.59 Å². The number of hydrogen-bond acceptors (Lipinski definition) is 6. The molecule has 9 heteroatoms. The van der Waals surface area contributed by atoms with Gasteiger partial charge in [0.15, 0.2) is 0 Å². The van der Waals surface area contributed by atoms with Gasteiger partial charge in [-0.15, -0.1) is 0 Å². The summed E-state index contributed by atoms with van der Waals surface area (Å²) in [5.41, 5.74) is 4.48. The number of hydrogen-bond donors (Lipinski definition) is 1.